The van der Waals surface area contributed by atoms with Gasteiger partial charge in [0.05, 0.1) is 17.4 Å². The molecule has 0 unspecified atom stereocenters. The molecular weight excluding hydrogens is 278 g/mol. The first-order valence-electron chi connectivity index (χ1n) is 6.51. The number of hydrogen-bond donors (Lipinski definition) is 0. The van der Waals surface area contributed by atoms with Crippen LogP contribution in [0.1, 0.15) is 18.9 Å². The number of rotatable bonds is 6. The van der Waals surface area contributed by atoms with Crippen molar-refractivity contribution in [2.75, 3.05) is 7.05 Å². The molecule has 0 radical (unpaired) electrons. The Balaban J connectivity index is 1.82. The van der Waals surface area contributed by atoms with Crippen LogP contribution in [-0.2, 0) is 24.4 Å². The van der Waals surface area contributed by atoms with E-state index >= 15 is 0 Å². The fraction of sp³-hybridized carbons (Fsp3) is 0.462. The molecule has 0 fully saturated rings. The maximum absolute atomic E-state index is 12.0. The molecule has 0 aromatic carbocycles. The molecule has 1 amide bonds. The van der Waals surface area contributed by atoms with E-state index in [0.29, 0.717) is 24.5 Å². The van der Waals surface area contributed by atoms with Crippen LogP contribution in [0.2, 0.25) is 5.02 Å². The predicted molar refractivity (Wildman–Crippen MR) is 76.2 cm³/mol. The van der Waals surface area contributed by atoms with E-state index < -0.39 is 0 Å². The van der Waals surface area contributed by atoms with Crippen molar-refractivity contribution in [3.8, 4) is 0 Å². The fourth-order valence-corrected chi connectivity index (χ4v) is 2.04. The Morgan fingerprint density at radius 1 is 1.30 bits per heavy atom. The van der Waals surface area contributed by atoms with E-state index in [0.717, 1.165) is 12.1 Å². The summed E-state index contributed by atoms with van der Waals surface area (Å²) in [5, 5.41) is 8.82. The Bertz CT molecular complexity index is 577. The van der Waals surface area contributed by atoms with Gasteiger partial charge in [-0.15, -0.1) is 0 Å². The van der Waals surface area contributed by atoms with Crippen molar-refractivity contribution >= 4 is 17.5 Å². The van der Waals surface area contributed by atoms with Crippen molar-refractivity contribution in [1.82, 2.24) is 24.5 Å². The van der Waals surface area contributed by atoms with E-state index in [1.807, 2.05) is 17.8 Å². The normalized spacial score (nSPS) is 10.8. The van der Waals surface area contributed by atoms with Crippen molar-refractivity contribution in [2.45, 2.75) is 33.0 Å². The van der Waals surface area contributed by atoms with Crippen molar-refractivity contribution in [2.24, 2.45) is 0 Å². The van der Waals surface area contributed by atoms with Crippen LogP contribution in [0.15, 0.2) is 24.8 Å². The van der Waals surface area contributed by atoms with E-state index in [9.17, 15) is 4.79 Å². The molecule has 2 aromatic heterocycles. The van der Waals surface area contributed by atoms with Gasteiger partial charge in [-0.05, 0) is 6.92 Å². The molecule has 108 valence electrons. The number of nitrogens with zero attached hydrogens (tertiary/aromatic N) is 5. The topological polar surface area (TPSA) is 56.0 Å². The third-order valence-corrected chi connectivity index (χ3v) is 3.21. The van der Waals surface area contributed by atoms with Gasteiger partial charge in [0.15, 0.2) is 0 Å². The van der Waals surface area contributed by atoms with Crippen LogP contribution < -0.4 is 0 Å². The van der Waals surface area contributed by atoms with E-state index in [1.54, 1.807) is 35.2 Å². The first-order valence-corrected chi connectivity index (χ1v) is 6.89. The Morgan fingerprint density at radius 3 is 2.65 bits per heavy atom. The highest BCUT2D eigenvalue weighted by Gasteiger charge is 2.10. The third-order valence-electron chi connectivity index (χ3n) is 3.01. The van der Waals surface area contributed by atoms with Crippen molar-refractivity contribution in [1.29, 1.82) is 0 Å². The number of aryl methyl sites for hydroxylation is 2. The molecule has 2 aromatic rings. The van der Waals surface area contributed by atoms with Crippen LogP contribution in [0.4, 0.5) is 0 Å². The minimum atomic E-state index is 0.0703. The smallest absolute Gasteiger partial charge is 0.224 e. The van der Waals surface area contributed by atoms with Gasteiger partial charge in [0.2, 0.25) is 5.91 Å². The first kappa shape index (κ1) is 14.6. The summed E-state index contributed by atoms with van der Waals surface area (Å²) in [5.41, 5.74) is 1.03. The van der Waals surface area contributed by atoms with E-state index in [-0.39, 0.29) is 5.91 Å². The summed E-state index contributed by atoms with van der Waals surface area (Å²) in [4.78, 5) is 13.7. The second-order valence-electron chi connectivity index (χ2n) is 4.63. The number of aromatic nitrogens is 4. The average Bonchev–Trinajstić information content (AvgIpc) is 3.04. The zero-order valence-electron chi connectivity index (χ0n) is 11.7. The van der Waals surface area contributed by atoms with Crippen LogP contribution in [0.3, 0.4) is 0 Å². The number of amides is 1. The number of carbonyl (C=O) groups is 1. The van der Waals surface area contributed by atoms with Gasteiger partial charge in [0.25, 0.3) is 0 Å². The Morgan fingerprint density at radius 2 is 2.05 bits per heavy atom. The van der Waals surface area contributed by atoms with Crippen molar-refractivity contribution < 1.29 is 4.79 Å². The molecule has 0 bridgehead atoms. The van der Waals surface area contributed by atoms with Crippen LogP contribution in [0.25, 0.3) is 0 Å². The molecule has 0 aliphatic carbocycles. The van der Waals surface area contributed by atoms with Crippen LogP contribution in [-0.4, -0.2) is 37.4 Å². The second-order valence-corrected chi connectivity index (χ2v) is 5.06. The van der Waals surface area contributed by atoms with Gasteiger partial charge in [0.1, 0.15) is 0 Å². The lowest BCUT2D eigenvalue weighted by molar-refractivity contribution is -0.130. The van der Waals surface area contributed by atoms with Crippen LogP contribution in [0.5, 0.6) is 0 Å². The Hall–Kier alpha value is -1.82. The molecule has 0 N–H and O–H groups in total. The minimum Gasteiger partial charge on any atom is -0.341 e. The van der Waals surface area contributed by atoms with Gasteiger partial charge in [-0.25, -0.2) is 0 Å². The van der Waals surface area contributed by atoms with Crippen molar-refractivity contribution in [3.63, 3.8) is 0 Å². The molecule has 0 atom stereocenters. The summed E-state index contributed by atoms with van der Waals surface area (Å²) in [5.74, 6) is 0.0703. The van der Waals surface area contributed by atoms with Gasteiger partial charge in [-0.2, -0.15) is 10.2 Å². The highest BCUT2D eigenvalue weighted by Crippen LogP contribution is 2.07. The fourth-order valence-electron chi connectivity index (χ4n) is 1.88. The summed E-state index contributed by atoms with van der Waals surface area (Å²) >= 11 is 5.77. The molecule has 0 aliphatic heterocycles. The van der Waals surface area contributed by atoms with Gasteiger partial charge in [-0.3, -0.25) is 14.2 Å². The number of halogens is 1. The molecule has 0 saturated carbocycles. The molecule has 0 aliphatic rings. The molecule has 0 spiro atoms. The SMILES string of the molecule is CCn1cc(CN(C)C(=O)CCn2cc(Cl)cn2)cn1. The second kappa shape index (κ2) is 6.56. The van der Waals surface area contributed by atoms with Gasteiger partial charge >= 0.3 is 0 Å². The largest absolute Gasteiger partial charge is 0.341 e. The molecule has 2 rings (SSSR count). The quantitative estimate of drug-likeness (QED) is 0.816. The standard InChI is InChI=1S/C13H18ClN5O/c1-3-18-9-11(6-15-18)8-17(2)13(20)4-5-19-10-12(14)7-16-19/h6-7,9-10H,3-5,8H2,1-2H3. The van der Waals surface area contributed by atoms with Crippen LogP contribution in [0, 0.1) is 0 Å². The number of carbonyl (C=O) groups excluding carboxylic acids is 1. The monoisotopic (exact) mass is 295 g/mol. The summed E-state index contributed by atoms with van der Waals surface area (Å²) in [7, 11) is 1.79. The summed E-state index contributed by atoms with van der Waals surface area (Å²) in [6.45, 7) is 3.96. The molecule has 20 heavy (non-hydrogen) atoms. The molecule has 7 heteroatoms. The Labute approximate surface area is 122 Å². The highest BCUT2D eigenvalue weighted by atomic mass is 35.5. The first-order chi connectivity index (χ1) is 9.58. The van der Waals surface area contributed by atoms with Crippen molar-refractivity contribution in [3.05, 3.63) is 35.4 Å². The minimum absolute atomic E-state index is 0.0703. The molecular formula is C13H18ClN5O. The van der Waals surface area contributed by atoms with E-state index in [1.165, 1.54) is 0 Å². The maximum Gasteiger partial charge on any atom is 0.224 e. The maximum atomic E-state index is 12.0. The van der Waals surface area contributed by atoms with Crippen LogP contribution >= 0.6 is 11.6 Å². The summed E-state index contributed by atoms with van der Waals surface area (Å²) in [6.07, 6.45) is 7.42. The average molecular weight is 296 g/mol. The zero-order chi connectivity index (χ0) is 14.5. The number of hydrogen-bond acceptors (Lipinski definition) is 3. The molecule has 6 nitrogen and oxygen atoms in total. The summed E-state index contributed by atoms with van der Waals surface area (Å²) < 4.78 is 3.52. The van der Waals surface area contributed by atoms with E-state index in [4.69, 9.17) is 11.6 Å². The van der Waals surface area contributed by atoms with Gasteiger partial charge < -0.3 is 4.90 Å². The molecule has 2 heterocycles. The van der Waals surface area contributed by atoms with E-state index in [2.05, 4.69) is 10.2 Å². The Kier molecular flexibility index (Phi) is 4.79. The summed E-state index contributed by atoms with van der Waals surface area (Å²) in [6, 6.07) is 0. The lowest BCUT2D eigenvalue weighted by atomic mass is 10.3. The lowest BCUT2D eigenvalue weighted by Gasteiger charge is -2.16. The van der Waals surface area contributed by atoms with Gasteiger partial charge in [-0.1, -0.05) is 11.6 Å². The zero-order valence-corrected chi connectivity index (χ0v) is 12.4. The highest BCUT2D eigenvalue weighted by molar-refractivity contribution is 6.30. The third kappa shape index (κ3) is 3.84. The predicted octanol–water partition coefficient (Wildman–Crippen LogP) is 1.80. The lowest BCUT2D eigenvalue weighted by Crippen LogP contribution is -2.27. The van der Waals surface area contributed by atoms with Gasteiger partial charge in [0, 0.05) is 51.1 Å². The molecule has 0 saturated heterocycles.